The number of aryl methyl sites for hydroxylation is 1. The van der Waals surface area contributed by atoms with Gasteiger partial charge in [0.1, 0.15) is 12.4 Å². The number of benzene rings is 2. The molecule has 2 aromatic carbocycles. The van der Waals surface area contributed by atoms with Crippen molar-refractivity contribution in [2.24, 2.45) is 0 Å². The van der Waals surface area contributed by atoms with Crippen LogP contribution in [0.1, 0.15) is 29.5 Å². The third-order valence-electron chi connectivity index (χ3n) is 4.04. The van der Waals surface area contributed by atoms with E-state index in [0.717, 1.165) is 11.1 Å². The second kappa shape index (κ2) is 9.01. The molecular formula is C21H19FN2O5. The van der Waals surface area contributed by atoms with Gasteiger partial charge in [-0.25, -0.2) is 4.39 Å². The maximum absolute atomic E-state index is 13.0. The van der Waals surface area contributed by atoms with Crippen molar-refractivity contribution in [3.8, 4) is 11.5 Å². The van der Waals surface area contributed by atoms with Gasteiger partial charge < -0.3 is 14.0 Å². The molecule has 29 heavy (non-hydrogen) atoms. The molecule has 0 spiro atoms. The first-order valence-electron chi connectivity index (χ1n) is 8.90. The van der Waals surface area contributed by atoms with E-state index in [1.807, 2.05) is 6.92 Å². The van der Waals surface area contributed by atoms with Crippen molar-refractivity contribution in [2.45, 2.75) is 20.5 Å². The first-order chi connectivity index (χ1) is 14.0. The lowest BCUT2D eigenvalue weighted by Gasteiger charge is -2.12. The largest absolute Gasteiger partial charge is 0.490 e. The summed E-state index contributed by atoms with van der Waals surface area (Å²) >= 11 is 0. The van der Waals surface area contributed by atoms with Gasteiger partial charge in [-0.1, -0.05) is 29.4 Å². The van der Waals surface area contributed by atoms with Crippen LogP contribution in [-0.4, -0.2) is 16.7 Å². The van der Waals surface area contributed by atoms with Gasteiger partial charge in [0.2, 0.25) is 5.76 Å². The number of ether oxygens (including phenoxy) is 2. The Balaban J connectivity index is 1.78. The summed E-state index contributed by atoms with van der Waals surface area (Å²) in [6.07, 6.45) is 3.15. The standard InChI is InChI=1S/C21H19FN2O5/c1-3-27-20-12-15(7-11-19-21(24(25)26)14(2)23-29-19)6-10-18(20)28-13-16-4-8-17(22)9-5-16/h4-12H,3,13H2,1-2H3. The molecule has 8 heteroatoms. The lowest BCUT2D eigenvalue weighted by molar-refractivity contribution is -0.386. The Hall–Kier alpha value is -3.68. The Morgan fingerprint density at radius 3 is 2.59 bits per heavy atom. The summed E-state index contributed by atoms with van der Waals surface area (Å²) in [5.74, 6) is 0.832. The molecule has 0 radical (unpaired) electrons. The number of hydrogen-bond acceptors (Lipinski definition) is 6. The number of nitro groups is 1. The van der Waals surface area contributed by atoms with Crippen molar-refractivity contribution in [1.82, 2.24) is 5.16 Å². The molecular weight excluding hydrogens is 379 g/mol. The van der Waals surface area contributed by atoms with Crippen LogP contribution in [0.3, 0.4) is 0 Å². The molecule has 0 N–H and O–H groups in total. The lowest BCUT2D eigenvalue weighted by atomic mass is 10.1. The fourth-order valence-corrected chi connectivity index (χ4v) is 2.64. The fraction of sp³-hybridized carbons (Fsp3) is 0.190. The predicted octanol–water partition coefficient (Wildman–Crippen LogP) is 5.18. The third kappa shape index (κ3) is 4.98. The van der Waals surface area contributed by atoms with Crippen LogP contribution < -0.4 is 9.47 Å². The summed E-state index contributed by atoms with van der Waals surface area (Å²) in [6, 6.07) is 11.3. The van der Waals surface area contributed by atoms with Gasteiger partial charge in [-0.3, -0.25) is 10.1 Å². The van der Waals surface area contributed by atoms with E-state index in [0.29, 0.717) is 18.1 Å². The van der Waals surface area contributed by atoms with Crippen LogP contribution in [-0.2, 0) is 6.61 Å². The maximum atomic E-state index is 13.0. The molecule has 3 rings (SSSR count). The Morgan fingerprint density at radius 1 is 1.14 bits per heavy atom. The van der Waals surface area contributed by atoms with Crippen LogP contribution in [0.4, 0.5) is 10.1 Å². The highest BCUT2D eigenvalue weighted by Gasteiger charge is 2.21. The van der Waals surface area contributed by atoms with Gasteiger partial charge in [-0.15, -0.1) is 0 Å². The van der Waals surface area contributed by atoms with Crippen molar-refractivity contribution in [3.05, 3.63) is 81.0 Å². The number of nitrogens with zero attached hydrogens (tertiary/aromatic N) is 2. The molecule has 0 aliphatic rings. The molecule has 0 aliphatic carbocycles. The third-order valence-corrected chi connectivity index (χ3v) is 4.04. The van der Waals surface area contributed by atoms with Crippen LogP contribution in [0.25, 0.3) is 12.2 Å². The van der Waals surface area contributed by atoms with E-state index in [1.54, 1.807) is 36.4 Å². The summed E-state index contributed by atoms with van der Waals surface area (Å²) in [6.45, 7) is 4.07. The average molecular weight is 398 g/mol. The second-order valence-corrected chi connectivity index (χ2v) is 6.13. The SMILES string of the molecule is CCOc1cc(C=Cc2onc(C)c2[N+](=O)[O-])ccc1OCc1ccc(F)cc1. The second-order valence-electron chi connectivity index (χ2n) is 6.13. The van der Waals surface area contributed by atoms with Crippen LogP contribution in [0, 0.1) is 22.9 Å². The van der Waals surface area contributed by atoms with Crippen molar-refractivity contribution in [3.63, 3.8) is 0 Å². The minimum absolute atomic E-state index is 0.0714. The highest BCUT2D eigenvalue weighted by atomic mass is 19.1. The zero-order valence-corrected chi connectivity index (χ0v) is 15.9. The molecule has 0 saturated heterocycles. The monoisotopic (exact) mass is 398 g/mol. The topological polar surface area (TPSA) is 87.6 Å². The van der Waals surface area contributed by atoms with Crippen LogP contribution in [0.5, 0.6) is 11.5 Å². The minimum atomic E-state index is -0.524. The summed E-state index contributed by atoms with van der Waals surface area (Å²) in [5.41, 5.74) is 1.62. The fourth-order valence-electron chi connectivity index (χ4n) is 2.64. The van der Waals surface area contributed by atoms with Gasteiger partial charge in [0, 0.05) is 0 Å². The molecule has 1 aromatic heterocycles. The number of halogens is 1. The van der Waals surface area contributed by atoms with Crippen LogP contribution in [0.15, 0.2) is 47.0 Å². The summed E-state index contributed by atoms with van der Waals surface area (Å²) < 4.78 is 29.5. The molecule has 7 nitrogen and oxygen atoms in total. The zero-order chi connectivity index (χ0) is 20.8. The molecule has 0 aliphatic heterocycles. The number of rotatable bonds is 8. The van der Waals surface area contributed by atoms with Gasteiger partial charge in [-0.05, 0) is 55.3 Å². The highest BCUT2D eigenvalue weighted by molar-refractivity contribution is 5.72. The Kier molecular flexibility index (Phi) is 6.23. The first kappa shape index (κ1) is 20.1. The van der Waals surface area contributed by atoms with Gasteiger partial charge >= 0.3 is 5.69 Å². The van der Waals surface area contributed by atoms with E-state index in [4.69, 9.17) is 14.0 Å². The average Bonchev–Trinajstić information content (AvgIpc) is 3.08. The smallest absolute Gasteiger partial charge is 0.338 e. The molecule has 150 valence electrons. The molecule has 1 heterocycles. The first-order valence-corrected chi connectivity index (χ1v) is 8.90. The van der Waals surface area contributed by atoms with Crippen molar-refractivity contribution < 1.29 is 23.3 Å². The lowest BCUT2D eigenvalue weighted by Crippen LogP contribution is -2.00. The molecule has 0 unspecified atom stereocenters. The van der Waals surface area contributed by atoms with E-state index < -0.39 is 4.92 Å². The molecule has 0 fully saturated rings. The van der Waals surface area contributed by atoms with Crippen LogP contribution in [0.2, 0.25) is 0 Å². The zero-order valence-electron chi connectivity index (χ0n) is 15.9. The van der Waals surface area contributed by atoms with Gasteiger partial charge in [0.15, 0.2) is 17.2 Å². The summed E-state index contributed by atoms with van der Waals surface area (Å²) in [4.78, 5) is 10.6. The molecule has 3 aromatic rings. The molecule has 0 bridgehead atoms. The minimum Gasteiger partial charge on any atom is -0.490 e. The van der Waals surface area contributed by atoms with Gasteiger partial charge in [-0.2, -0.15) is 0 Å². The Bertz CT molecular complexity index is 1030. The van der Waals surface area contributed by atoms with Crippen molar-refractivity contribution in [2.75, 3.05) is 6.61 Å². The van der Waals surface area contributed by atoms with Crippen molar-refractivity contribution in [1.29, 1.82) is 0 Å². The summed E-state index contributed by atoms with van der Waals surface area (Å²) in [7, 11) is 0. The van der Waals surface area contributed by atoms with Gasteiger partial charge in [0.25, 0.3) is 0 Å². The highest BCUT2D eigenvalue weighted by Crippen LogP contribution is 2.31. The predicted molar refractivity (Wildman–Crippen MR) is 105 cm³/mol. The van der Waals surface area contributed by atoms with E-state index in [-0.39, 0.29) is 29.6 Å². The van der Waals surface area contributed by atoms with E-state index in [1.165, 1.54) is 25.1 Å². The Labute approximate surface area is 166 Å². The maximum Gasteiger partial charge on any atom is 0.338 e. The van der Waals surface area contributed by atoms with E-state index in [9.17, 15) is 14.5 Å². The van der Waals surface area contributed by atoms with Gasteiger partial charge in [0.05, 0.1) is 11.5 Å². The Morgan fingerprint density at radius 2 is 1.90 bits per heavy atom. The summed E-state index contributed by atoms with van der Waals surface area (Å²) in [5, 5.41) is 14.8. The van der Waals surface area contributed by atoms with E-state index >= 15 is 0 Å². The molecule has 0 saturated carbocycles. The number of hydrogen-bond donors (Lipinski definition) is 0. The van der Waals surface area contributed by atoms with Crippen LogP contribution >= 0.6 is 0 Å². The number of aromatic nitrogens is 1. The van der Waals surface area contributed by atoms with Crippen molar-refractivity contribution >= 4 is 17.8 Å². The molecule has 0 atom stereocenters. The van der Waals surface area contributed by atoms with E-state index in [2.05, 4.69) is 5.16 Å². The normalized spacial score (nSPS) is 11.0. The quantitative estimate of drug-likeness (QED) is 0.384. The molecule has 0 amide bonds.